The summed E-state index contributed by atoms with van der Waals surface area (Å²) >= 11 is 0. The number of nitrogens with zero attached hydrogens (tertiary/aromatic N) is 1. The number of likely N-dealkylation sites (tertiary alicyclic amines) is 1. The number of esters is 1. The van der Waals surface area contributed by atoms with Gasteiger partial charge in [0.15, 0.2) is 6.29 Å². The maximum absolute atomic E-state index is 12.8. The van der Waals surface area contributed by atoms with Gasteiger partial charge >= 0.3 is 5.97 Å². The third kappa shape index (κ3) is 4.58. The van der Waals surface area contributed by atoms with Gasteiger partial charge in [0.05, 0.1) is 0 Å². The van der Waals surface area contributed by atoms with Crippen molar-refractivity contribution >= 4 is 17.8 Å². The molecular formula is C20H26N2O6. The molecule has 0 bridgehead atoms. The maximum atomic E-state index is 12.8. The number of ether oxygens (including phenoxy) is 3. The predicted molar refractivity (Wildman–Crippen MR) is 101 cm³/mol. The lowest BCUT2D eigenvalue weighted by Crippen LogP contribution is -2.74. The molecule has 1 aromatic carbocycles. The Bertz CT molecular complexity index is 753. The smallest absolute Gasteiger partial charge is 0.355 e. The standard InChI is InChI=1S/C20H26N2O6/c1-12(2)16(19(25)28-11-14-9-7-6-8-10-14)22-17(20(26-4)27-5)15(18(22)24)21-13(3)23/h6-10,15,17,20H,11H2,1-5H3,(H,21,23). The van der Waals surface area contributed by atoms with Crippen LogP contribution in [0, 0.1) is 0 Å². The van der Waals surface area contributed by atoms with Crippen LogP contribution in [0.5, 0.6) is 0 Å². The van der Waals surface area contributed by atoms with Crippen LogP contribution < -0.4 is 5.32 Å². The van der Waals surface area contributed by atoms with Crippen LogP contribution in [0.1, 0.15) is 26.3 Å². The van der Waals surface area contributed by atoms with E-state index in [2.05, 4.69) is 5.32 Å². The molecule has 8 heteroatoms. The van der Waals surface area contributed by atoms with E-state index in [0.29, 0.717) is 5.57 Å². The Kier molecular flexibility index (Phi) is 7.31. The van der Waals surface area contributed by atoms with E-state index in [4.69, 9.17) is 14.2 Å². The third-order valence-electron chi connectivity index (χ3n) is 4.37. The van der Waals surface area contributed by atoms with Gasteiger partial charge in [-0.1, -0.05) is 30.3 Å². The number of rotatable bonds is 8. The Morgan fingerprint density at radius 2 is 1.71 bits per heavy atom. The van der Waals surface area contributed by atoms with Gasteiger partial charge < -0.3 is 19.5 Å². The molecule has 0 radical (unpaired) electrons. The normalized spacial score (nSPS) is 18.5. The molecule has 0 aromatic heterocycles. The van der Waals surface area contributed by atoms with Crippen molar-refractivity contribution in [3.05, 3.63) is 47.2 Å². The minimum Gasteiger partial charge on any atom is -0.456 e. The molecule has 1 fully saturated rings. The Morgan fingerprint density at radius 1 is 1.11 bits per heavy atom. The first kappa shape index (κ1) is 21.6. The van der Waals surface area contributed by atoms with Gasteiger partial charge in [-0.2, -0.15) is 0 Å². The molecule has 28 heavy (non-hydrogen) atoms. The number of amides is 2. The molecule has 2 amide bonds. The number of β-lactam (4-membered cyclic amide) rings is 1. The summed E-state index contributed by atoms with van der Waals surface area (Å²) in [5, 5.41) is 2.58. The zero-order chi connectivity index (χ0) is 20.8. The Balaban J connectivity index is 2.25. The van der Waals surface area contributed by atoms with Gasteiger partial charge in [0.1, 0.15) is 24.4 Å². The number of methoxy groups -OCH3 is 2. The molecule has 1 aliphatic rings. The molecule has 2 rings (SSSR count). The number of carbonyl (C=O) groups is 3. The minimum absolute atomic E-state index is 0.0796. The van der Waals surface area contributed by atoms with E-state index in [-0.39, 0.29) is 18.2 Å². The Labute approximate surface area is 164 Å². The van der Waals surface area contributed by atoms with E-state index in [1.807, 2.05) is 30.3 Å². The van der Waals surface area contributed by atoms with Gasteiger partial charge in [-0.15, -0.1) is 0 Å². The molecule has 1 saturated heterocycles. The lowest BCUT2D eigenvalue weighted by Gasteiger charge is -2.49. The van der Waals surface area contributed by atoms with Crippen molar-refractivity contribution in [3.63, 3.8) is 0 Å². The van der Waals surface area contributed by atoms with Crippen molar-refractivity contribution in [1.82, 2.24) is 10.2 Å². The van der Waals surface area contributed by atoms with E-state index in [0.717, 1.165) is 5.56 Å². The molecule has 152 valence electrons. The second-order valence-electron chi connectivity index (χ2n) is 6.63. The Hall–Kier alpha value is -2.71. The van der Waals surface area contributed by atoms with Crippen LogP contribution in [0.2, 0.25) is 0 Å². The second-order valence-corrected chi connectivity index (χ2v) is 6.63. The number of carbonyl (C=O) groups excluding carboxylic acids is 3. The highest BCUT2D eigenvalue weighted by molar-refractivity contribution is 6.01. The van der Waals surface area contributed by atoms with E-state index in [1.54, 1.807) is 13.8 Å². The topological polar surface area (TPSA) is 94.2 Å². The summed E-state index contributed by atoms with van der Waals surface area (Å²) in [7, 11) is 2.85. The summed E-state index contributed by atoms with van der Waals surface area (Å²) in [4.78, 5) is 38.2. The molecule has 1 N–H and O–H groups in total. The first-order chi connectivity index (χ1) is 13.3. The summed E-state index contributed by atoms with van der Waals surface area (Å²) in [6.45, 7) is 4.82. The van der Waals surface area contributed by atoms with Crippen LogP contribution in [0.4, 0.5) is 0 Å². The number of hydrogen-bond acceptors (Lipinski definition) is 6. The third-order valence-corrected chi connectivity index (χ3v) is 4.37. The van der Waals surface area contributed by atoms with Crippen LogP contribution in [-0.4, -0.2) is 55.3 Å². The summed E-state index contributed by atoms with van der Waals surface area (Å²) < 4.78 is 16.0. The summed E-state index contributed by atoms with van der Waals surface area (Å²) in [5.41, 5.74) is 1.55. The largest absolute Gasteiger partial charge is 0.456 e. The average molecular weight is 390 g/mol. The van der Waals surface area contributed by atoms with Crippen molar-refractivity contribution in [2.75, 3.05) is 14.2 Å². The second kappa shape index (κ2) is 9.48. The molecule has 0 saturated carbocycles. The van der Waals surface area contributed by atoms with E-state index in [9.17, 15) is 14.4 Å². The lowest BCUT2D eigenvalue weighted by atomic mass is 9.92. The number of allylic oxidation sites excluding steroid dienone is 1. The first-order valence-corrected chi connectivity index (χ1v) is 8.86. The molecule has 0 aliphatic carbocycles. The van der Waals surface area contributed by atoms with Gasteiger partial charge in [-0.3, -0.25) is 14.5 Å². The van der Waals surface area contributed by atoms with Crippen LogP contribution in [0.25, 0.3) is 0 Å². The van der Waals surface area contributed by atoms with Crippen molar-refractivity contribution in [1.29, 1.82) is 0 Å². The molecule has 1 aliphatic heterocycles. The molecule has 8 nitrogen and oxygen atoms in total. The highest BCUT2D eigenvalue weighted by Gasteiger charge is 2.55. The number of benzene rings is 1. The average Bonchev–Trinajstić information content (AvgIpc) is 2.67. The zero-order valence-electron chi connectivity index (χ0n) is 16.7. The Morgan fingerprint density at radius 3 is 2.21 bits per heavy atom. The highest BCUT2D eigenvalue weighted by Crippen LogP contribution is 2.31. The van der Waals surface area contributed by atoms with E-state index >= 15 is 0 Å². The van der Waals surface area contributed by atoms with Crippen molar-refractivity contribution in [2.24, 2.45) is 0 Å². The maximum Gasteiger partial charge on any atom is 0.355 e. The minimum atomic E-state index is -0.848. The van der Waals surface area contributed by atoms with E-state index in [1.165, 1.54) is 26.0 Å². The van der Waals surface area contributed by atoms with Gasteiger partial charge in [-0.05, 0) is 25.0 Å². The molecular weight excluding hydrogens is 364 g/mol. The van der Waals surface area contributed by atoms with E-state index < -0.39 is 30.3 Å². The SMILES string of the molecule is COC(OC)C1C(NC(C)=O)C(=O)N1C(C(=O)OCc1ccccc1)=C(C)C. The summed E-state index contributed by atoms with van der Waals surface area (Å²) in [6, 6.07) is 7.70. The van der Waals surface area contributed by atoms with Gasteiger partial charge in [0.25, 0.3) is 5.91 Å². The highest BCUT2D eigenvalue weighted by atomic mass is 16.7. The zero-order valence-corrected chi connectivity index (χ0v) is 16.7. The fourth-order valence-corrected chi connectivity index (χ4v) is 3.12. The van der Waals surface area contributed by atoms with Gasteiger partial charge in [-0.25, -0.2) is 4.79 Å². The number of nitrogens with one attached hydrogen (secondary N) is 1. The van der Waals surface area contributed by atoms with Crippen LogP contribution in [-0.2, 0) is 35.2 Å². The fourth-order valence-electron chi connectivity index (χ4n) is 3.12. The summed E-state index contributed by atoms with van der Waals surface area (Å²) in [5.74, 6) is -1.42. The fraction of sp³-hybridized carbons (Fsp3) is 0.450. The van der Waals surface area contributed by atoms with Crippen molar-refractivity contribution in [2.45, 2.75) is 45.8 Å². The summed E-state index contributed by atoms with van der Waals surface area (Å²) in [6.07, 6.45) is -0.828. The molecule has 0 spiro atoms. The van der Waals surface area contributed by atoms with Gasteiger partial charge in [0, 0.05) is 21.1 Å². The van der Waals surface area contributed by atoms with Gasteiger partial charge in [0.2, 0.25) is 5.91 Å². The predicted octanol–water partition coefficient (Wildman–Crippen LogP) is 1.36. The van der Waals surface area contributed by atoms with Crippen LogP contribution in [0.15, 0.2) is 41.6 Å². The lowest BCUT2D eigenvalue weighted by molar-refractivity contribution is -0.192. The molecule has 1 aromatic rings. The quantitative estimate of drug-likeness (QED) is 0.312. The van der Waals surface area contributed by atoms with Crippen LogP contribution in [0.3, 0.4) is 0 Å². The first-order valence-electron chi connectivity index (χ1n) is 8.86. The van der Waals surface area contributed by atoms with Crippen molar-refractivity contribution < 1.29 is 28.6 Å². The monoisotopic (exact) mass is 390 g/mol. The van der Waals surface area contributed by atoms with Crippen molar-refractivity contribution in [3.8, 4) is 0 Å². The van der Waals surface area contributed by atoms with Crippen LogP contribution >= 0.6 is 0 Å². The molecule has 2 atom stereocenters. The molecule has 2 unspecified atom stereocenters. The molecule has 1 heterocycles. The number of hydrogen-bond donors (Lipinski definition) is 1.